The van der Waals surface area contributed by atoms with Crippen molar-refractivity contribution in [1.29, 1.82) is 0 Å². The maximum atomic E-state index is 14.4. The molecule has 7 heteroatoms. The zero-order valence-electron chi connectivity index (χ0n) is 15.9. The number of ether oxygens (including phenoxy) is 1. The van der Waals surface area contributed by atoms with E-state index in [1.165, 1.54) is 12.1 Å². The van der Waals surface area contributed by atoms with Crippen LogP contribution in [-0.4, -0.2) is 28.6 Å². The Balaban J connectivity index is 1.98. The van der Waals surface area contributed by atoms with E-state index >= 15 is 0 Å². The monoisotopic (exact) mass is 392 g/mol. The van der Waals surface area contributed by atoms with Gasteiger partial charge < -0.3 is 10.1 Å². The number of hydrogen-bond donors (Lipinski definition) is 1. The first-order valence-electron chi connectivity index (χ1n) is 9.14. The van der Waals surface area contributed by atoms with Crippen LogP contribution in [0.4, 0.5) is 14.6 Å². The van der Waals surface area contributed by atoms with E-state index in [1.807, 2.05) is 25.1 Å². The molecular weight excluding hydrogens is 374 g/mol. The number of hydrogen-bond acceptors (Lipinski definition) is 5. The van der Waals surface area contributed by atoms with Gasteiger partial charge in [-0.1, -0.05) is 6.07 Å². The first-order chi connectivity index (χ1) is 14.1. The van der Waals surface area contributed by atoms with Crippen molar-refractivity contribution in [2.24, 2.45) is 0 Å². The summed E-state index contributed by atoms with van der Waals surface area (Å²) in [6.45, 7) is 2.26. The Hall–Kier alpha value is -3.61. The van der Waals surface area contributed by atoms with Gasteiger partial charge in [0.2, 0.25) is 0 Å². The minimum absolute atomic E-state index is 0.269. The highest BCUT2D eigenvalue weighted by Crippen LogP contribution is 2.36. The lowest BCUT2D eigenvalue weighted by Crippen LogP contribution is -2.02. The number of pyridine rings is 1. The molecule has 5 nitrogen and oxygen atoms in total. The van der Waals surface area contributed by atoms with Crippen molar-refractivity contribution in [3.05, 3.63) is 66.4 Å². The van der Waals surface area contributed by atoms with Crippen molar-refractivity contribution in [2.45, 2.75) is 6.92 Å². The average molecular weight is 392 g/mol. The summed E-state index contributed by atoms with van der Waals surface area (Å²) in [7, 11) is 1.75. The Labute approximate surface area is 166 Å². The van der Waals surface area contributed by atoms with Crippen LogP contribution in [0.15, 0.2) is 54.7 Å². The van der Waals surface area contributed by atoms with Crippen LogP contribution in [-0.2, 0) is 0 Å². The van der Waals surface area contributed by atoms with Gasteiger partial charge in [0.15, 0.2) is 5.82 Å². The molecule has 1 N–H and O–H groups in total. The van der Waals surface area contributed by atoms with Crippen LogP contribution in [0, 0.1) is 11.6 Å². The number of halogens is 2. The molecule has 0 saturated heterocycles. The van der Waals surface area contributed by atoms with Gasteiger partial charge in [-0.3, -0.25) is 4.98 Å². The summed E-state index contributed by atoms with van der Waals surface area (Å²) < 4.78 is 33.5. The van der Waals surface area contributed by atoms with E-state index in [4.69, 9.17) is 4.74 Å². The molecule has 0 unspecified atom stereocenters. The number of nitrogens with zero attached hydrogens (tertiary/aromatic N) is 3. The van der Waals surface area contributed by atoms with Crippen molar-refractivity contribution < 1.29 is 13.5 Å². The van der Waals surface area contributed by atoms with Gasteiger partial charge in [-0.15, -0.1) is 0 Å². The van der Waals surface area contributed by atoms with Crippen LogP contribution in [0.3, 0.4) is 0 Å². The lowest BCUT2D eigenvalue weighted by molar-refractivity contribution is 0.344. The molecule has 0 atom stereocenters. The Morgan fingerprint density at radius 2 is 1.90 bits per heavy atom. The van der Waals surface area contributed by atoms with Crippen LogP contribution in [0.2, 0.25) is 0 Å². The van der Waals surface area contributed by atoms with Crippen molar-refractivity contribution in [3.63, 3.8) is 0 Å². The molecular formula is C22H18F2N4O. The summed E-state index contributed by atoms with van der Waals surface area (Å²) in [6.07, 6.45) is 1.67. The van der Waals surface area contributed by atoms with E-state index in [0.717, 1.165) is 6.07 Å². The molecule has 29 heavy (non-hydrogen) atoms. The van der Waals surface area contributed by atoms with Gasteiger partial charge in [0.1, 0.15) is 34.4 Å². The molecule has 146 valence electrons. The quantitative estimate of drug-likeness (QED) is 0.513. The number of benzene rings is 2. The summed E-state index contributed by atoms with van der Waals surface area (Å²) in [5.74, 6) is 0.213. The fraction of sp³-hybridized carbons (Fsp3) is 0.136. The molecule has 0 saturated carbocycles. The minimum Gasteiger partial charge on any atom is -0.492 e. The summed E-state index contributed by atoms with van der Waals surface area (Å²) in [4.78, 5) is 13.5. The second-order valence-corrected chi connectivity index (χ2v) is 6.29. The van der Waals surface area contributed by atoms with E-state index in [0.29, 0.717) is 46.2 Å². The van der Waals surface area contributed by atoms with Gasteiger partial charge in [-0.25, -0.2) is 18.7 Å². The third-order valence-electron chi connectivity index (χ3n) is 4.44. The van der Waals surface area contributed by atoms with Crippen molar-refractivity contribution in [1.82, 2.24) is 15.0 Å². The van der Waals surface area contributed by atoms with Gasteiger partial charge >= 0.3 is 0 Å². The molecule has 2 heterocycles. The third-order valence-corrected chi connectivity index (χ3v) is 4.44. The highest BCUT2D eigenvalue weighted by Gasteiger charge is 2.17. The molecule has 0 aliphatic heterocycles. The lowest BCUT2D eigenvalue weighted by atomic mass is 10.0. The van der Waals surface area contributed by atoms with E-state index in [2.05, 4.69) is 20.3 Å². The maximum Gasteiger partial charge on any atom is 0.180 e. The Bertz CT molecular complexity index is 1180. The number of aromatic nitrogens is 3. The normalized spacial score (nSPS) is 10.9. The number of anilines is 1. The summed E-state index contributed by atoms with van der Waals surface area (Å²) >= 11 is 0. The highest BCUT2D eigenvalue weighted by molar-refractivity contribution is 5.97. The molecule has 0 aliphatic carbocycles. The average Bonchev–Trinajstić information content (AvgIpc) is 2.74. The van der Waals surface area contributed by atoms with Gasteiger partial charge in [0.25, 0.3) is 0 Å². The largest absolute Gasteiger partial charge is 0.492 e. The van der Waals surface area contributed by atoms with Crippen molar-refractivity contribution >= 4 is 16.7 Å². The van der Waals surface area contributed by atoms with Crippen LogP contribution in [0.25, 0.3) is 33.5 Å². The molecule has 2 aromatic carbocycles. The van der Waals surface area contributed by atoms with E-state index in [1.54, 1.807) is 25.4 Å². The summed E-state index contributed by atoms with van der Waals surface area (Å²) in [5, 5.41) is 3.73. The van der Waals surface area contributed by atoms with Crippen molar-refractivity contribution in [3.8, 4) is 28.4 Å². The predicted octanol–water partition coefficient (Wildman–Crippen LogP) is 5.08. The van der Waals surface area contributed by atoms with Gasteiger partial charge in [0, 0.05) is 30.3 Å². The van der Waals surface area contributed by atoms with Gasteiger partial charge in [-0.2, -0.15) is 0 Å². The van der Waals surface area contributed by atoms with Crippen LogP contribution in [0.1, 0.15) is 6.92 Å². The SMILES string of the molecule is CCOc1cc(-c2ccc(F)cc2F)cc2c(NC)nc(-c3ccccn3)nc12. The lowest BCUT2D eigenvalue weighted by Gasteiger charge is -2.14. The molecule has 2 aromatic heterocycles. The predicted molar refractivity (Wildman–Crippen MR) is 109 cm³/mol. The molecule has 0 bridgehead atoms. The zero-order valence-corrected chi connectivity index (χ0v) is 15.9. The smallest absolute Gasteiger partial charge is 0.180 e. The van der Waals surface area contributed by atoms with Crippen LogP contribution >= 0.6 is 0 Å². The number of fused-ring (bicyclic) bond motifs is 1. The molecule has 0 radical (unpaired) electrons. The van der Waals surface area contributed by atoms with Crippen LogP contribution < -0.4 is 10.1 Å². The first kappa shape index (κ1) is 18.7. The molecule has 4 aromatic rings. The van der Waals surface area contributed by atoms with E-state index in [-0.39, 0.29) is 5.56 Å². The molecule has 0 spiro atoms. The third kappa shape index (κ3) is 3.59. The molecule has 4 rings (SSSR count). The molecule has 0 aliphatic rings. The fourth-order valence-corrected chi connectivity index (χ4v) is 3.15. The summed E-state index contributed by atoms with van der Waals surface area (Å²) in [6, 6.07) is 12.5. The maximum absolute atomic E-state index is 14.4. The molecule has 0 amide bonds. The van der Waals surface area contributed by atoms with Crippen molar-refractivity contribution in [2.75, 3.05) is 19.0 Å². The van der Waals surface area contributed by atoms with Gasteiger partial charge in [-0.05, 0) is 48.9 Å². The second-order valence-electron chi connectivity index (χ2n) is 6.29. The zero-order chi connectivity index (χ0) is 20.4. The van der Waals surface area contributed by atoms with Crippen LogP contribution in [0.5, 0.6) is 5.75 Å². The highest BCUT2D eigenvalue weighted by atomic mass is 19.1. The molecule has 0 fully saturated rings. The summed E-state index contributed by atoms with van der Waals surface area (Å²) in [5.41, 5.74) is 2.02. The number of rotatable bonds is 5. The Morgan fingerprint density at radius 1 is 1.03 bits per heavy atom. The van der Waals surface area contributed by atoms with Gasteiger partial charge in [0.05, 0.1) is 6.61 Å². The minimum atomic E-state index is -0.649. The fourth-order valence-electron chi connectivity index (χ4n) is 3.15. The number of nitrogens with one attached hydrogen (secondary N) is 1. The first-order valence-corrected chi connectivity index (χ1v) is 9.14. The standard InChI is InChI=1S/C22H18F2N4O/c1-3-29-19-11-13(15-8-7-14(23)12-17(15)24)10-16-20(19)27-22(28-21(16)25-2)18-6-4-5-9-26-18/h4-12H,3H2,1-2H3,(H,25,27,28). The Morgan fingerprint density at radius 3 is 2.59 bits per heavy atom. The van der Waals surface area contributed by atoms with E-state index in [9.17, 15) is 8.78 Å². The van der Waals surface area contributed by atoms with E-state index < -0.39 is 11.6 Å². The Kier molecular flexibility index (Phi) is 5.03. The topological polar surface area (TPSA) is 59.9 Å². The second kappa shape index (κ2) is 7.79.